The second-order valence-electron chi connectivity index (χ2n) is 3.11. The number of hydrogen-bond acceptors (Lipinski definition) is 4. The fourth-order valence-corrected chi connectivity index (χ4v) is 2.05. The monoisotopic (exact) mass is 231 g/mol. The lowest BCUT2D eigenvalue weighted by Crippen LogP contribution is -2.20. The van der Waals surface area contributed by atoms with Gasteiger partial charge in [0.2, 0.25) is 0 Å². The zero-order valence-corrected chi connectivity index (χ0v) is 9.16. The maximum Gasteiger partial charge on any atom is 0.316 e. The van der Waals surface area contributed by atoms with E-state index in [4.69, 9.17) is 15.5 Å². The summed E-state index contributed by atoms with van der Waals surface area (Å²) in [6.45, 7) is 1.65. The molecule has 2 N–H and O–H groups in total. The molecule has 0 heterocycles. The molecule has 5 nitrogen and oxygen atoms in total. The molecule has 0 aliphatic carbocycles. The second-order valence-corrected chi connectivity index (χ2v) is 4.42. The van der Waals surface area contributed by atoms with Gasteiger partial charge in [0.25, 0.3) is 0 Å². The summed E-state index contributed by atoms with van der Waals surface area (Å²) < 4.78 is 0. The largest absolute Gasteiger partial charge is 0.481 e. The zero-order chi connectivity index (χ0) is 11.8. The van der Waals surface area contributed by atoms with Crippen LogP contribution in [-0.2, 0) is 9.59 Å². The highest BCUT2D eigenvalue weighted by Gasteiger charge is 2.20. The van der Waals surface area contributed by atoms with Crippen molar-refractivity contribution in [2.75, 3.05) is 5.75 Å². The molecule has 0 aromatic heterocycles. The average molecular weight is 231 g/mol. The van der Waals surface area contributed by atoms with Crippen LogP contribution in [0.2, 0.25) is 0 Å². The Morgan fingerprint density at radius 2 is 2.07 bits per heavy atom. The van der Waals surface area contributed by atoms with Crippen LogP contribution in [0.25, 0.3) is 0 Å². The Balaban J connectivity index is 4.01. The van der Waals surface area contributed by atoms with Crippen LogP contribution in [0.5, 0.6) is 0 Å². The van der Waals surface area contributed by atoms with Gasteiger partial charge in [0.15, 0.2) is 0 Å². The third-order valence-electron chi connectivity index (χ3n) is 1.70. The lowest BCUT2D eigenvalue weighted by Gasteiger charge is -2.11. The summed E-state index contributed by atoms with van der Waals surface area (Å²) >= 11 is 1.07. The Bertz CT molecular complexity index is 274. The van der Waals surface area contributed by atoms with E-state index in [1.54, 1.807) is 6.92 Å². The van der Waals surface area contributed by atoms with Crippen molar-refractivity contribution in [1.29, 1.82) is 5.26 Å². The molecule has 0 aliphatic heterocycles. The zero-order valence-electron chi connectivity index (χ0n) is 8.34. The van der Waals surface area contributed by atoms with Crippen LogP contribution >= 0.6 is 11.8 Å². The molecule has 0 aromatic carbocycles. The maximum absolute atomic E-state index is 10.7. The number of carboxylic acid groups (broad SMARTS) is 2. The first-order valence-electron chi connectivity index (χ1n) is 4.43. The molecule has 84 valence electrons. The number of nitrogens with zero attached hydrogens (tertiary/aromatic N) is 1. The van der Waals surface area contributed by atoms with E-state index < -0.39 is 17.2 Å². The molecule has 0 rings (SSSR count). The van der Waals surface area contributed by atoms with Crippen LogP contribution in [0.3, 0.4) is 0 Å². The van der Waals surface area contributed by atoms with Gasteiger partial charge in [-0.15, -0.1) is 11.8 Å². The summed E-state index contributed by atoms with van der Waals surface area (Å²) in [6.07, 6.45) is 0.186. The topological polar surface area (TPSA) is 98.4 Å². The lowest BCUT2D eigenvalue weighted by atomic mass is 10.1. The van der Waals surface area contributed by atoms with Crippen LogP contribution in [0, 0.1) is 17.2 Å². The number of hydrogen-bond donors (Lipinski definition) is 2. The van der Waals surface area contributed by atoms with Crippen molar-refractivity contribution >= 4 is 23.7 Å². The Morgan fingerprint density at radius 1 is 1.47 bits per heavy atom. The number of carbonyl (C=O) groups is 2. The van der Waals surface area contributed by atoms with E-state index in [0.717, 1.165) is 11.8 Å². The summed E-state index contributed by atoms with van der Waals surface area (Å²) in [5.41, 5.74) is 0. The van der Waals surface area contributed by atoms with Crippen molar-refractivity contribution in [3.05, 3.63) is 0 Å². The Hall–Kier alpha value is -1.22. The minimum Gasteiger partial charge on any atom is -0.481 e. The fraction of sp³-hybridized carbons (Fsp3) is 0.667. The van der Waals surface area contributed by atoms with Gasteiger partial charge >= 0.3 is 11.9 Å². The molecule has 2 atom stereocenters. The van der Waals surface area contributed by atoms with Gasteiger partial charge in [-0.2, -0.15) is 5.26 Å². The molecule has 0 saturated carbocycles. The highest BCUT2D eigenvalue weighted by molar-refractivity contribution is 8.00. The normalized spacial score (nSPS) is 13.9. The van der Waals surface area contributed by atoms with Crippen molar-refractivity contribution in [2.24, 2.45) is 5.92 Å². The standard InChI is InChI=1S/C9H13NO4S/c1-6(5-10)4-7(9(13)14)15-3-2-8(11)12/h6-7H,2-4H2,1H3,(H,11,12)(H,13,14). The molecular formula is C9H13NO4S. The van der Waals surface area contributed by atoms with Crippen molar-refractivity contribution < 1.29 is 19.8 Å². The molecular weight excluding hydrogens is 218 g/mol. The van der Waals surface area contributed by atoms with Crippen molar-refractivity contribution in [3.8, 4) is 6.07 Å². The van der Waals surface area contributed by atoms with Crippen molar-refractivity contribution in [1.82, 2.24) is 0 Å². The van der Waals surface area contributed by atoms with Crippen LogP contribution < -0.4 is 0 Å². The molecule has 0 saturated heterocycles. The van der Waals surface area contributed by atoms with E-state index in [2.05, 4.69) is 0 Å². The van der Waals surface area contributed by atoms with Gasteiger partial charge in [-0.25, -0.2) is 0 Å². The predicted octanol–water partition coefficient (Wildman–Crippen LogP) is 1.20. The third kappa shape index (κ3) is 6.80. The molecule has 0 spiro atoms. The summed E-state index contributed by atoms with van der Waals surface area (Å²) in [6, 6.07) is 1.96. The van der Waals surface area contributed by atoms with Gasteiger partial charge in [-0.3, -0.25) is 9.59 Å². The number of thioether (sulfide) groups is 1. The second kappa shape index (κ2) is 7.12. The summed E-state index contributed by atoms with van der Waals surface area (Å²) in [7, 11) is 0. The minimum atomic E-state index is -0.993. The Kier molecular flexibility index (Phi) is 6.54. The SMILES string of the molecule is CC(C#N)CC(SCCC(=O)O)C(=O)O. The van der Waals surface area contributed by atoms with E-state index in [-0.39, 0.29) is 24.5 Å². The van der Waals surface area contributed by atoms with Crippen LogP contribution in [0.4, 0.5) is 0 Å². The van der Waals surface area contributed by atoms with E-state index in [1.807, 2.05) is 6.07 Å². The van der Waals surface area contributed by atoms with Crippen molar-refractivity contribution in [3.63, 3.8) is 0 Å². The summed E-state index contributed by atoms with van der Waals surface area (Å²) in [5.74, 6) is -2.01. The highest BCUT2D eigenvalue weighted by atomic mass is 32.2. The maximum atomic E-state index is 10.7. The quantitative estimate of drug-likeness (QED) is 0.683. The molecule has 0 radical (unpaired) electrons. The van der Waals surface area contributed by atoms with Crippen LogP contribution in [0.1, 0.15) is 19.8 Å². The third-order valence-corrected chi connectivity index (χ3v) is 2.93. The molecule has 0 bridgehead atoms. The number of carboxylic acids is 2. The van der Waals surface area contributed by atoms with Crippen molar-refractivity contribution in [2.45, 2.75) is 25.0 Å². The summed E-state index contributed by atoms with van der Waals surface area (Å²) in [5, 5.41) is 25.0. The van der Waals surface area contributed by atoms with Gasteiger partial charge in [-0.1, -0.05) is 0 Å². The molecule has 15 heavy (non-hydrogen) atoms. The minimum absolute atomic E-state index is 0.0601. The molecule has 0 fully saturated rings. The molecule has 2 unspecified atom stereocenters. The fourth-order valence-electron chi connectivity index (χ4n) is 0.902. The number of nitriles is 1. The number of aliphatic carboxylic acids is 2. The van der Waals surface area contributed by atoms with Gasteiger partial charge in [0.05, 0.1) is 12.5 Å². The molecule has 0 aromatic rings. The highest BCUT2D eigenvalue weighted by Crippen LogP contribution is 2.20. The first-order chi connectivity index (χ1) is 6.97. The smallest absolute Gasteiger partial charge is 0.316 e. The molecule has 6 heteroatoms. The van der Waals surface area contributed by atoms with Crippen LogP contribution in [-0.4, -0.2) is 33.2 Å². The van der Waals surface area contributed by atoms with Gasteiger partial charge in [-0.05, 0) is 13.3 Å². The molecule has 0 amide bonds. The first-order valence-corrected chi connectivity index (χ1v) is 5.48. The van der Waals surface area contributed by atoms with E-state index in [0.29, 0.717) is 0 Å². The van der Waals surface area contributed by atoms with E-state index >= 15 is 0 Å². The Labute approximate surface area is 92.1 Å². The first kappa shape index (κ1) is 13.8. The van der Waals surface area contributed by atoms with E-state index in [1.165, 1.54) is 0 Å². The lowest BCUT2D eigenvalue weighted by molar-refractivity contribution is -0.137. The van der Waals surface area contributed by atoms with Crippen LogP contribution in [0.15, 0.2) is 0 Å². The predicted molar refractivity (Wildman–Crippen MR) is 55.5 cm³/mol. The van der Waals surface area contributed by atoms with Gasteiger partial charge in [0.1, 0.15) is 5.25 Å². The van der Waals surface area contributed by atoms with Gasteiger partial charge in [0, 0.05) is 11.7 Å². The molecule has 0 aliphatic rings. The average Bonchev–Trinajstić information content (AvgIpc) is 2.15. The summed E-state index contributed by atoms with van der Waals surface area (Å²) in [4.78, 5) is 21.0. The van der Waals surface area contributed by atoms with Gasteiger partial charge < -0.3 is 10.2 Å². The number of rotatable bonds is 7. The van der Waals surface area contributed by atoms with E-state index in [9.17, 15) is 9.59 Å². The Morgan fingerprint density at radius 3 is 2.47 bits per heavy atom.